The van der Waals surface area contributed by atoms with Gasteiger partial charge in [0.2, 0.25) is 6.41 Å². The first kappa shape index (κ1) is 10.3. The highest BCUT2D eigenvalue weighted by molar-refractivity contribution is 5.96. The molecule has 2 heterocycles. The van der Waals surface area contributed by atoms with Crippen LogP contribution in [0, 0.1) is 0 Å². The molecule has 1 aromatic carbocycles. The number of fused-ring (bicyclic) bond motifs is 1. The van der Waals surface area contributed by atoms with Crippen LogP contribution in [0.5, 0.6) is 0 Å². The van der Waals surface area contributed by atoms with Gasteiger partial charge in [0.15, 0.2) is 0 Å². The van der Waals surface area contributed by atoms with Gasteiger partial charge in [-0.1, -0.05) is 12.1 Å². The van der Waals surface area contributed by atoms with Gasteiger partial charge in [0.25, 0.3) is 0 Å². The van der Waals surface area contributed by atoms with Crippen molar-refractivity contribution in [3.8, 4) is 0 Å². The zero-order valence-corrected chi connectivity index (χ0v) is 9.36. The summed E-state index contributed by atoms with van der Waals surface area (Å²) in [5.41, 5.74) is 2.76. The lowest BCUT2D eigenvalue weighted by atomic mass is 10.0. The van der Waals surface area contributed by atoms with Gasteiger partial charge in [0.05, 0.1) is 5.69 Å². The standard InChI is InChI=1S/C12H14N4O/c17-7-14-10-3-1-2-9-11(15-16-12(9)10)8-4-5-13-6-8/h1-3,7-8,13H,4-6H2,(H,14,17)(H,15,16). The topological polar surface area (TPSA) is 69.8 Å². The third kappa shape index (κ3) is 1.68. The van der Waals surface area contributed by atoms with Gasteiger partial charge in [-0.2, -0.15) is 5.10 Å². The van der Waals surface area contributed by atoms with E-state index >= 15 is 0 Å². The SMILES string of the molecule is O=CNc1cccc2c(C3CCNC3)[nH]nc12. The first-order chi connectivity index (χ1) is 8.40. The molecule has 1 atom stereocenters. The quantitative estimate of drug-likeness (QED) is 0.694. The highest BCUT2D eigenvalue weighted by atomic mass is 16.1. The zero-order chi connectivity index (χ0) is 11.7. The Morgan fingerprint density at radius 3 is 3.18 bits per heavy atom. The van der Waals surface area contributed by atoms with Crippen LogP contribution in [0.25, 0.3) is 10.9 Å². The largest absolute Gasteiger partial charge is 0.327 e. The Bertz CT molecular complexity index is 542. The normalized spacial score (nSPS) is 19.6. The van der Waals surface area contributed by atoms with E-state index in [4.69, 9.17) is 0 Å². The highest BCUT2D eigenvalue weighted by Crippen LogP contribution is 2.30. The monoisotopic (exact) mass is 230 g/mol. The van der Waals surface area contributed by atoms with Crippen molar-refractivity contribution in [1.29, 1.82) is 0 Å². The van der Waals surface area contributed by atoms with E-state index in [1.165, 1.54) is 5.69 Å². The minimum atomic E-state index is 0.492. The fourth-order valence-corrected chi connectivity index (χ4v) is 2.45. The molecule has 88 valence electrons. The molecule has 1 aromatic heterocycles. The van der Waals surface area contributed by atoms with Gasteiger partial charge in [0.1, 0.15) is 5.52 Å². The summed E-state index contributed by atoms with van der Waals surface area (Å²) in [7, 11) is 0. The Morgan fingerprint density at radius 2 is 2.41 bits per heavy atom. The second-order valence-electron chi connectivity index (χ2n) is 4.29. The molecule has 0 bridgehead atoms. The molecule has 1 fully saturated rings. The first-order valence-electron chi connectivity index (χ1n) is 5.78. The van der Waals surface area contributed by atoms with Crippen LogP contribution in [0.4, 0.5) is 5.69 Å². The lowest BCUT2D eigenvalue weighted by Gasteiger charge is -2.06. The lowest BCUT2D eigenvalue weighted by Crippen LogP contribution is -2.08. The number of aromatic amines is 1. The molecule has 1 unspecified atom stereocenters. The number of hydrogen-bond acceptors (Lipinski definition) is 3. The van der Waals surface area contributed by atoms with Crippen molar-refractivity contribution in [3.05, 3.63) is 23.9 Å². The van der Waals surface area contributed by atoms with Gasteiger partial charge >= 0.3 is 0 Å². The molecule has 0 radical (unpaired) electrons. The number of H-pyrrole nitrogens is 1. The Balaban J connectivity index is 2.09. The van der Waals surface area contributed by atoms with E-state index < -0.39 is 0 Å². The van der Waals surface area contributed by atoms with Crippen LogP contribution in [0.1, 0.15) is 18.0 Å². The molecule has 3 rings (SSSR count). The van der Waals surface area contributed by atoms with E-state index in [9.17, 15) is 4.79 Å². The summed E-state index contributed by atoms with van der Waals surface area (Å²) in [6, 6.07) is 5.84. The van der Waals surface area contributed by atoms with E-state index in [-0.39, 0.29) is 0 Å². The Morgan fingerprint density at radius 1 is 1.47 bits per heavy atom. The molecule has 1 aliphatic rings. The summed E-state index contributed by atoms with van der Waals surface area (Å²) in [6.45, 7) is 2.04. The molecule has 1 aliphatic heterocycles. The van der Waals surface area contributed by atoms with Crippen molar-refractivity contribution >= 4 is 23.0 Å². The van der Waals surface area contributed by atoms with Crippen molar-refractivity contribution in [3.63, 3.8) is 0 Å². The molecule has 2 aromatic rings. The van der Waals surface area contributed by atoms with Crippen LogP contribution < -0.4 is 10.6 Å². The number of carbonyl (C=O) groups is 1. The molecule has 1 amide bonds. The fraction of sp³-hybridized carbons (Fsp3) is 0.333. The van der Waals surface area contributed by atoms with E-state index in [2.05, 4.69) is 20.8 Å². The predicted molar refractivity (Wildman–Crippen MR) is 66.0 cm³/mol. The summed E-state index contributed by atoms with van der Waals surface area (Å²) in [5, 5.41) is 14.5. The van der Waals surface area contributed by atoms with Crippen LogP contribution in [0.3, 0.4) is 0 Å². The van der Waals surface area contributed by atoms with Gasteiger partial charge < -0.3 is 10.6 Å². The number of nitrogens with zero attached hydrogens (tertiary/aromatic N) is 1. The van der Waals surface area contributed by atoms with Gasteiger partial charge in [-0.15, -0.1) is 0 Å². The number of para-hydroxylation sites is 1. The molecular weight excluding hydrogens is 216 g/mol. The maximum atomic E-state index is 10.5. The lowest BCUT2D eigenvalue weighted by molar-refractivity contribution is -0.105. The van der Waals surface area contributed by atoms with E-state index in [0.29, 0.717) is 12.3 Å². The van der Waals surface area contributed by atoms with Gasteiger partial charge in [-0.25, -0.2) is 0 Å². The molecule has 0 spiro atoms. The average molecular weight is 230 g/mol. The summed E-state index contributed by atoms with van der Waals surface area (Å²) in [4.78, 5) is 10.5. The van der Waals surface area contributed by atoms with Gasteiger partial charge in [0, 0.05) is 23.5 Å². The first-order valence-corrected chi connectivity index (χ1v) is 5.78. The summed E-state index contributed by atoms with van der Waals surface area (Å²) in [5.74, 6) is 0.492. The van der Waals surface area contributed by atoms with E-state index in [0.717, 1.165) is 36.1 Å². The van der Waals surface area contributed by atoms with Crippen molar-refractivity contribution in [2.24, 2.45) is 0 Å². The number of carbonyl (C=O) groups excluding carboxylic acids is 1. The summed E-state index contributed by atoms with van der Waals surface area (Å²) < 4.78 is 0. The number of rotatable bonds is 3. The number of aromatic nitrogens is 2. The average Bonchev–Trinajstić information content (AvgIpc) is 2.97. The third-order valence-corrected chi connectivity index (χ3v) is 3.30. The van der Waals surface area contributed by atoms with Crippen molar-refractivity contribution in [2.45, 2.75) is 12.3 Å². The minimum Gasteiger partial charge on any atom is -0.327 e. The second-order valence-corrected chi connectivity index (χ2v) is 4.29. The molecule has 0 saturated carbocycles. The molecule has 1 saturated heterocycles. The Hall–Kier alpha value is -1.88. The van der Waals surface area contributed by atoms with Crippen molar-refractivity contribution in [2.75, 3.05) is 18.4 Å². The maximum Gasteiger partial charge on any atom is 0.211 e. The summed E-state index contributed by atoms with van der Waals surface area (Å²) >= 11 is 0. The van der Waals surface area contributed by atoms with Crippen molar-refractivity contribution < 1.29 is 4.79 Å². The zero-order valence-electron chi connectivity index (χ0n) is 9.36. The third-order valence-electron chi connectivity index (χ3n) is 3.30. The molecule has 3 N–H and O–H groups in total. The predicted octanol–water partition coefficient (Wildman–Crippen LogP) is 1.21. The number of hydrogen-bond donors (Lipinski definition) is 3. The molecular formula is C12H14N4O. The number of anilines is 1. The molecule has 0 aliphatic carbocycles. The smallest absolute Gasteiger partial charge is 0.211 e. The van der Waals surface area contributed by atoms with E-state index in [1.54, 1.807) is 0 Å². The second kappa shape index (κ2) is 4.18. The molecule has 5 nitrogen and oxygen atoms in total. The van der Waals surface area contributed by atoms with Gasteiger partial charge in [-0.05, 0) is 19.0 Å². The number of benzene rings is 1. The Kier molecular flexibility index (Phi) is 2.53. The van der Waals surface area contributed by atoms with Gasteiger partial charge in [-0.3, -0.25) is 9.89 Å². The van der Waals surface area contributed by atoms with Crippen LogP contribution >= 0.6 is 0 Å². The molecule has 5 heteroatoms. The number of nitrogens with one attached hydrogen (secondary N) is 3. The number of amides is 1. The molecule has 17 heavy (non-hydrogen) atoms. The van der Waals surface area contributed by atoms with Crippen LogP contribution in [0.2, 0.25) is 0 Å². The van der Waals surface area contributed by atoms with E-state index in [1.807, 2.05) is 18.2 Å². The summed E-state index contributed by atoms with van der Waals surface area (Å²) in [6.07, 6.45) is 1.81. The van der Waals surface area contributed by atoms with Crippen LogP contribution in [0.15, 0.2) is 18.2 Å². The van der Waals surface area contributed by atoms with Crippen molar-refractivity contribution in [1.82, 2.24) is 15.5 Å². The highest BCUT2D eigenvalue weighted by Gasteiger charge is 2.21. The van der Waals surface area contributed by atoms with Crippen LogP contribution in [-0.4, -0.2) is 29.7 Å². The maximum absolute atomic E-state index is 10.5. The fourth-order valence-electron chi connectivity index (χ4n) is 2.45. The Labute approximate surface area is 98.6 Å². The minimum absolute atomic E-state index is 0.492. The van der Waals surface area contributed by atoms with Crippen LogP contribution in [-0.2, 0) is 4.79 Å².